The van der Waals surface area contributed by atoms with Gasteiger partial charge >= 0.3 is 0 Å². The van der Waals surface area contributed by atoms with Crippen molar-refractivity contribution in [2.45, 2.75) is 13.0 Å². The van der Waals surface area contributed by atoms with Gasteiger partial charge in [-0.3, -0.25) is 0 Å². The summed E-state index contributed by atoms with van der Waals surface area (Å²) in [5.41, 5.74) is 2.13. The highest BCUT2D eigenvalue weighted by Crippen LogP contribution is 2.15. The van der Waals surface area contributed by atoms with Gasteiger partial charge in [-0.15, -0.1) is 5.10 Å². The van der Waals surface area contributed by atoms with Crippen molar-refractivity contribution in [2.24, 2.45) is 0 Å². The van der Waals surface area contributed by atoms with Gasteiger partial charge in [-0.25, -0.2) is 4.68 Å². The highest BCUT2D eigenvalue weighted by atomic mass is 16.5. The van der Waals surface area contributed by atoms with E-state index in [2.05, 4.69) is 39.9 Å². The maximum Gasteiger partial charge on any atom is 0.143 e. The molecule has 0 amide bonds. The zero-order chi connectivity index (χ0) is 14.9. The third kappa shape index (κ3) is 4.89. The van der Waals surface area contributed by atoms with Gasteiger partial charge in [0, 0.05) is 19.7 Å². The molecule has 7 nitrogen and oxygen atoms in total. The highest BCUT2D eigenvalue weighted by molar-refractivity contribution is 5.35. The van der Waals surface area contributed by atoms with Crippen molar-refractivity contribution < 1.29 is 9.47 Å². The molecule has 0 aliphatic rings. The summed E-state index contributed by atoms with van der Waals surface area (Å²) in [6.07, 6.45) is 1.58. The van der Waals surface area contributed by atoms with E-state index < -0.39 is 0 Å². The summed E-state index contributed by atoms with van der Waals surface area (Å²) in [7, 11) is 1.67. The molecule has 0 saturated carbocycles. The number of benzene rings is 1. The fourth-order valence-corrected chi connectivity index (χ4v) is 1.93. The van der Waals surface area contributed by atoms with Crippen molar-refractivity contribution in [1.82, 2.24) is 25.5 Å². The molecule has 1 heterocycles. The van der Waals surface area contributed by atoms with E-state index in [0.717, 1.165) is 12.2 Å². The molecule has 114 valence electrons. The molecular formula is C14H21N5O2. The van der Waals surface area contributed by atoms with Crippen LogP contribution < -0.4 is 5.32 Å². The van der Waals surface area contributed by atoms with Gasteiger partial charge in [0.15, 0.2) is 0 Å². The third-order valence-corrected chi connectivity index (χ3v) is 3.11. The normalized spacial score (nSPS) is 12.5. The van der Waals surface area contributed by atoms with Gasteiger partial charge in [-0.1, -0.05) is 12.1 Å². The van der Waals surface area contributed by atoms with Crippen LogP contribution in [0.5, 0.6) is 0 Å². The second-order valence-electron chi connectivity index (χ2n) is 4.63. The summed E-state index contributed by atoms with van der Waals surface area (Å²) in [5.74, 6) is 0. The molecule has 0 spiro atoms. The molecule has 1 aromatic carbocycles. The van der Waals surface area contributed by atoms with Gasteiger partial charge in [0.05, 0.1) is 25.5 Å². The lowest BCUT2D eigenvalue weighted by atomic mass is 10.1. The Kier molecular flexibility index (Phi) is 6.26. The Balaban J connectivity index is 1.82. The SMILES string of the molecule is COCCOCCNC(C)c1cccc(-n2cnnn2)c1. The molecule has 0 radical (unpaired) electrons. The quantitative estimate of drug-likeness (QED) is 0.694. The molecule has 2 aromatic rings. The maximum absolute atomic E-state index is 5.42. The van der Waals surface area contributed by atoms with E-state index in [9.17, 15) is 0 Å². The zero-order valence-electron chi connectivity index (χ0n) is 12.4. The Hall–Kier alpha value is -1.83. The predicted molar refractivity (Wildman–Crippen MR) is 78.3 cm³/mol. The van der Waals surface area contributed by atoms with Crippen LogP contribution in [0.2, 0.25) is 0 Å². The lowest BCUT2D eigenvalue weighted by molar-refractivity contribution is 0.0712. The molecule has 0 aliphatic heterocycles. The van der Waals surface area contributed by atoms with Crippen LogP contribution in [0.25, 0.3) is 5.69 Å². The zero-order valence-corrected chi connectivity index (χ0v) is 12.4. The minimum atomic E-state index is 0.229. The molecule has 0 saturated heterocycles. The second-order valence-corrected chi connectivity index (χ2v) is 4.63. The lowest BCUT2D eigenvalue weighted by Gasteiger charge is -2.15. The van der Waals surface area contributed by atoms with Crippen LogP contribution in [-0.2, 0) is 9.47 Å². The van der Waals surface area contributed by atoms with E-state index in [1.165, 1.54) is 5.56 Å². The number of rotatable bonds is 9. The Morgan fingerprint density at radius 2 is 2.19 bits per heavy atom. The number of aromatic nitrogens is 4. The summed E-state index contributed by atoms with van der Waals surface area (Å²) < 4.78 is 12.0. The molecule has 7 heteroatoms. The summed E-state index contributed by atoms with van der Waals surface area (Å²) in [6.45, 7) is 4.83. The molecule has 21 heavy (non-hydrogen) atoms. The number of ether oxygens (including phenoxy) is 2. The summed E-state index contributed by atoms with van der Waals surface area (Å²) in [6, 6.07) is 8.35. The average molecular weight is 291 g/mol. The average Bonchev–Trinajstić information content (AvgIpc) is 3.05. The van der Waals surface area contributed by atoms with Gasteiger partial charge in [0.2, 0.25) is 0 Å². The van der Waals surface area contributed by atoms with Crippen molar-refractivity contribution in [2.75, 3.05) is 33.5 Å². The Labute approximate surface area is 124 Å². The van der Waals surface area contributed by atoms with Crippen LogP contribution in [0.15, 0.2) is 30.6 Å². The lowest BCUT2D eigenvalue weighted by Crippen LogP contribution is -2.24. The minimum Gasteiger partial charge on any atom is -0.382 e. The number of tetrazole rings is 1. The first-order valence-electron chi connectivity index (χ1n) is 6.94. The predicted octanol–water partition coefficient (Wildman–Crippen LogP) is 0.976. The molecule has 1 aromatic heterocycles. The molecule has 1 unspecified atom stereocenters. The minimum absolute atomic E-state index is 0.229. The van der Waals surface area contributed by atoms with Gasteiger partial charge in [0.1, 0.15) is 6.33 Å². The van der Waals surface area contributed by atoms with Crippen LogP contribution >= 0.6 is 0 Å². The van der Waals surface area contributed by atoms with Crippen molar-refractivity contribution >= 4 is 0 Å². The first-order chi connectivity index (χ1) is 10.3. The number of nitrogens with one attached hydrogen (secondary N) is 1. The van der Waals surface area contributed by atoms with E-state index in [-0.39, 0.29) is 6.04 Å². The topological polar surface area (TPSA) is 74.1 Å². The largest absolute Gasteiger partial charge is 0.382 e. The fraction of sp³-hybridized carbons (Fsp3) is 0.500. The van der Waals surface area contributed by atoms with Crippen LogP contribution in [0.1, 0.15) is 18.5 Å². The molecule has 1 atom stereocenters. The molecular weight excluding hydrogens is 270 g/mol. The Morgan fingerprint density at radius 1 is 1.29 bits per heavy atom. The molecule has 1 N–H and O–H groups in total. The Morgan fingerprint density at radius 3 is 2.95 bits per heavy atom. The molecule has 0 bridgehead atoms. The highest BCUT2D eigenvalue weighted by Gasteiger charge is 2.06. The van der Waals surface area contributed by atoms with Crippen molar-refractivity contribution in [1.29, 1.82) is 0 Å². The van der Waals surface area contributed by atoms with Crippen LogP contribution in [-0.4, -0.2) is 53.7 Å². The summed E-state index contributed by atoms with van der Waals surface area (Å²) >= 11 is 0. The van der Waals surface area contributed by atoms with Crippen LogP contribution in [0, 0.1) is 0 Å². The van der Waals surface area contributed by atoms with Crippen LogP contribution in [0.3, 0.4) is 0 Å². The first-order valence-corrected chi connectivity index (χ1v) is 6.94. The Bertz CT molecular complexity index is 518. The van der Waals surface area contributed by atoms with Gasteiger partial charge in [0.25, 0.3) is 0 Å². The fourth-order valence-electron chi connectivity index (χ4n) is 1.93. The molecule has 0 aliphatic carbocycles. The third-order valence-electron chi connectivity index (χ3n) is 3.11. The van der Waals surface area contributed by atoms with E-state index in [4.69, 9.17) is 9.47 Å². The summed E-state index contributed by atoms with van der Waals surface area (Å²) in [4.78, 5) is 0. The number of nitrogens with zero attached hydrogens (tertiary/aromatic N) is 4. The first kappa shape index (κ1) is 15.6. The number of hydrogen-bond acceptors (Lipinski definition) is 6. The smallest absolute Gasteiger partial charge is 0.143 e. The van der Waals surface area contributed by atoms with Crippen molar-refractivity contribution in [3.63, 3.8) is 0 Å². The van der Waals surface area contributed by atoms with E-state index in [1.807, 2.05) is 12.1 Å². The second kappa shape index (κ2) is 8.46. The monoisotopic (exact) mass is 291 g/mol. The number of methoxy groups -OCH3 is 1. The molecule has 2 rings (SSSR count). The standard InChI is InChI=1S/C14H21N5O2/c1-12(15-6-7-21-9-8-20-2)13-4-3-5-14(10-13)19-11-16-17-18-19/h3-5,10-12,15H,6-9H2,1-2H3. The van der Waals surface area contributed by atoms with E-state index >= 15 is 0 Å². The summed E-state index contributed by atoms with van der Waals surface area (Å²) in [5, 5.41) is 14.6. The van der Waals surface area contributed by atoms with Gasteiger partial charge in [-0.05, 0) is 35.0 Å². The van der Waals surface area contributed by atoms with Gasteiger partial charge in [-0.2, -0.15) is 0 Å². The van der Waals surface area contributed by atoms with Crippen molar-refractivity contribution in [3.8, 4) is 5.69 Å². The van der Waals surface area contributed by atoms with E-state index in [0.29, 0.717) is 19.8 Å². The van der Waals surface area contributed by atoms with E-state index in [1.54, 1.807) is 18.1 Å². The molecule has 0 fully saturated rings. The van der Waals surface area contributed by atoms with Crippen LogP contribution in [0.4, 0.5) is 0 Å². The van der Waals surface area contributed by atoms with Gasteiger partial charge < -0.3 is 14.8 Å². The maximum atomic E-state index is 5.42. The number of hydrogen-bond donors (Lipinski definition) is 1. The van der Waals surface area contributed by atoms with Crippen molar-refractivity contribution in [3.05, 3.63) is 36.2 Å².